The second-order valence-electron chi connectivity index (χ2n) is 7.51. The van der Waals surface area contributed by atoms with Crippen LogP contribution in [0.2, 0.25) is 0 Å². The first-order chi connectivity index (χ1) is 13.7. The molecule has 2 aliphatic heterocycles. The molecule has 1 fully saturated rings. The Kier molecular flexibility index (Phi) is 4.20. The lowest BCUT2D eigenvalue weighted by Crippen LogP contribution is -2.49. The topological polar surface area (TPSA) is 41.4 Å². The number of rotatable bonds is 4. The average molecular weight is 376 g/mol. The Bertz CT molecular complexity index is 985. The predicted octanol–water partition coefficient (Wildman–Crippen LogP) is 3.10. The fourth-order valence-corrected chi connectivity index (χ4v) is 4.42. The Morgan fingerprint density at radius 3 is 2.57 bits per heavy atom. The molecule has 0 N–H and O–H groups in total. The van der Waals surface area contributed by atoms with E-state index >= 15 is 0 Å². The van der Waals surface area contributed by atoms with Crippen LogP contribution in [0.4, 0.5) is 4.39 Å². The van der Waals surface area contributed by atoms with Crippen LogP contribution in [0.15, 0.2) is 67.0 Å². The molecule has 6 heteroatoms. The average Bonchev–Trinajstić information content (AvgIpc) is 3.35. The Hall–Kier alpha value is -2.99. The van der Waals surface area contributed by atoms with Gasteiger partial charge in [0.25, 0.3) is 5.91 Å². The van der Waals surface area contributed by atoms with Gasteiger partial charge in [0, 0.05) is 32.0 Å². The second-order valence-corrected chi connectivity index (χ2v) is 7.51. The summed E-state index contributed by atoms with van der Waals surface area (Å²) < 4.78 is 15.3. The standard InChI is InChI=1S/C22H21FN4O/c23-17-8-6-16(7-9-17)12-25-14-20-21(15-25)27(13-18-4-1-2-10-24-18)22(28)19-5-3-11-26(19)20/h1-11,20-21H,12-15H2/t20-,21-/m0/s1. The molecule has 5 nitrogen and oxygen atoms in total. The first-order valence-corrected chi connectivity index (χ1v) is 9.53. The lowest BCUT2D eigenvalue weighted by Gasteiger charge is -2.38. The van der Waals surface area contributed by atoms with Crippen LogP contribution in [0.25, 0.3) is 0 Å². The molecule has 2 aromatic heterocycles. The minimum Gasteiger partial charge on any atom is -0.337 e. The fraction of sp³-hybridized carbons (Fsp3) is 0.273. The SMILES string of the molecule is O=C1c2cccn2[C@H]2CN(Cc3ccc(F)cc3)C[C@@H]2N1Cc1ccccn1. The van der Waals surface area contributed by atoms with Gasteiger partial charge in [0.1, 0.15) is 11.5 Å². The molecule has 0 unspecified atom stereocenters. The Morgan fingerprint density at radius 2 is 1.79 bits per heavy atom. The molecule has 0 spiro atoms. The third-order valence-electron chi connectivity index (χ3n) is 5.73. The van der Waals surface area contributed by atoms with Crippen LogP contribution in [0.3, 0.4) is 0 Å². The van der Waals surface area contributed by atoms with E-state index in [-0.39, 0.29) is 23.8 Å². The van der Waals surface area contributed by atoms with Crippen molar-refractivity contribution in [3.05, 3.63) is 89.8 Å². The molecular weight excluding hydrogens is 355 g/mol. The van der Waals surface area contributed by atoms with Gasteiger partial charge in [0.15, 0.2) is 0 Å². The number of benzene rings is 1. The van der Waals surface area contributed by atoms with Crippen LogP contribution in [0, 0.1) is 5.82 Å². The summed E-state index contributed by atoms with van der Waals surface area (Å²) in [5.41, 5.74) is 2.71. The largest absolute Gasteiger partial charge is 0.337 e. The number of pyridine rings is 1. The summed E-state index contributed by atoms with van der Waals surface area (Å²) in [6, 6.07) is 16.6. The number of halogens is 1. The number of carbonyl (C=O) groups excluding carboxylic acids is 1. The maximum Gasteiger partial charge on any atom is 0.271 e. The first-order valence-electron chi connectivity index (χ1n) is 9.53. The molecule has 0 radical (unpaired) electrons. The van der Waals surface area contributed by atoms with Crippen LogP contribution in [-0.2, 0) is 13.1 Å². The quantitative estimate of drug-likeness (QED) is 0.703. The molecule has 3 aromatic rings. The minimum atomic E-state index is -0.219. The Balaban J connectivity index is 1.42. The monoisotopic (exact) mass is 376 g/mol. The van der Waals surface area contributed by atoms with Crippen molar-refractivity contribution in [2.24, 2.45) is 0 Å². The number of carbonyl (C=O) groups is 1. The number of aromatic nitrogens is 2. The van der Waals surface area contributed by atoms with Crippen molar-refractivity contribution < 1.29 is 9.18 Å². The lowest BCUT2D eigenvalue weighted by molar-refractivity contribution is 0.0553. The smallest absolute Gasteiger partial charge is 0.271 e. The lowest BCUT2D eigenvalue weighted by atomic mass is 10.1. The van der Waals surface area contributed by atoms with Crippen molar-refractivity contribution in [1.29, 1.82) is 0 Å². The van der Waals surface area contributed by atoms with E-state index in [1.807, 2.05) is 53.6 Å². The van der Waals surface area contributed by atoms with Gasteiger partial charge in [-0.25, -0.2) is 4.39 Å². The third kappa shape index (κ3) is 2.99. The van der Waals surface area contributed by atoms with Crippen molar-refractivity contribution >= 4 is 5.91 Å². The van der Waals surface area contributed by atoms with Gasteiger partial charge in [-0.3, -0.25) is 14.7 Å². The van der Waals surface area contributed by atoms with Crippen LogP contribution in [-0.4, -0.2) is 44.4 Å². The minimum absolute atomic E-state index is 0.0561. The van der Waals surface area contributed by atoms with E-state index in [1.54, 1.807) is 6.20 Å². The van der Waals surface area contributed by atoms with E-state index in [4.69, 9.17) is 0 Å². The fourth-order valence-electron chi connectivity index (χ4n) is 4.42. The number of hydrogen-bond donors (Lipinski definition) is 0. The summed E-state index contributed by atoms with van der Waals surface area (Å²) in [4.78, 5) is 21.9. The van der Waals surface area contributed by atoms with Crippen LogP contribution in [0.1, 0.15) is 27.8 Å². The van der Waals surface area contributed by atoms with Gasteiger partial charge in [-0.15, -0.1) is 0 Å². The molecule has 5 rings (SSSR count). The van der Waals surface area contributed by atoms with Crippen molar-refractivity contribution in [1.82, 2.24) is 19.4 Å². The zero-order valence-corrected chi connectivity index (χ0v) is 15.4. The van der Waals surface area contributed by atoms with Gasteiger partial charge in [0.05, 0.1) is 24.3 Å². The third-order valence-corrected chi connectivity index (χ3v) is 5.73. The van der Waals surface area contributed by atoms with Crippen molar-refractivity contribution in [2.75, 3.05) is 13.1 Å². The summed E-state index contributed by atoms with van der Waals surface area (Å²) in [5.74, 6) is -0.163. The summed E-state index contributed by atoms with van der Waals surface area (Å²) >= 11 is 0. The van der Waals surface area contributed by atoms with Crippen LogP contribution in [0.5, 0.6) is 0 Å². The summed E-state index contributed by atoms with van der Waals surface area (Å²) in [5, 5.41) is 0. The molecule has 2 atom stereocenters. The zero-order valence-electron chi connectivity index (χ0n) is 15.4. The first kappa shape index (κ1) is 17.1. The number of amides is 1. The van der Waals surface area contributed by atoms with Gasteiger partial charge >= 0.3 is 0 Å². The summed E-state index contributed by atoms with van der Waals surface area (Å²) in [6.07, 6.45) is 3.77. The molecule has 142 valence electrons. The van der Waals surface area contributed by atoms with Gasteiger partial charge in [-0.2, -0.15) is 0 Å². The maximum absolute atomic E-state index is 13.2. The van der Waals surface area contributed by atoms with Crippen molar-refractivity contribution in [2.45, 2.75) is 25.2 Å². The number of fused-ring (bicyclic) bond motifs is 3. The van der Waals surface area contributed by atoms with Gasteiger partial charge < -0.3 is 9.47 Å². The Morgan fingerprint density at radius 1 is 0.964 bits per heavy atom. The Labute approximate surface area is 163 Å². The summed E-state index contributed by atoms with van der Waals surface area (Å²) in [6.45, 7) is 2.90. The van der Waals surface area contributed by atoms with E-state index in [0.29, 0.717) is 6.54 Å². The molecule has 4 heterocycles. The van der Waals surface area contributed by atoms with Crippen LogP contribution >= 0.6 is 0 Å². The molecule has 28 heavy (non-hydrogen) atoms. The molecule has 2 aliphatic rings. The van der Waals surface area contributed by atoms with Gasteiger partial charge in [-0.1, -0.05) is 18.2 Å². The van der Waals surface area contributed by atoms with E-state index in [1.165, 1.54) is 12.1 Å². The molecule has 0 aliphatic carbocycles. The van der Waals surface area contributed by atoms with Crippen LogP contribution < -0.4 is 0 Å². The number of likely N-dealkylation sites (tertiary alicyclic amines) is 1. The van der Waals surface area contributed by atoms with Gasteiger partial charge in [-0.05, 0) is 42.0 Å². The van der Waals surface area contributed by atoms with E-state index in [0.717, 1.165) is 36.6 Å². The molecular formula is C22H21FN4O. The normalized spacial score (nSPS) is 21.6. The van der Waals surface area contributed by atoms with E-state index in [2.05, 4.69) is 14.5 Å². The van der Waals surface area contributed by atoms with Crippen molar-refractivity contribution in [3.8, 4) is 0 Å². The maximum atomic E-state index is 13.2. The molecule has 1 amide bonds. The molecule has 0 bridgehead atoms. The highest BCUT2D eigenvalue weighted by molar-refractivity contribution is 5.94. The predicted molar refractivity (Wildman–Crippen MR) is 103 cm³/mol. The van der Waals surface area contributed by atoms with Crippen molar-refractivity contribution in [3.63, 3.8) is 0 Å². The van der Waals surface area contributed by atoms with E-state index < -0.39 is 0 Å². The molecule has 0 saturated carbocycles. The number of hydrogen-bond acceptors (Lipinski definition) is 3. The zero-order chi connectivity index (χ0) is 19.1. The highest BCUT2D eigenvalue weighted by atomic mass is 19.1. The second kappa shape index (κ2) is 6.87. The highest BCUT2D eigenvalue weighted by Crippen LogP contribution is 2.35. The molecule has 1 saturated heterocycles. The van der Waals surface area contributed by atoms with Gasteiger partial charge in [0.2, 0.25) is 0 Å². The van der Waals surface area contributed by atoms with E-state index in [9.17, 15) is 9.18 Å². The molecule has 1 aromatic carbocycles. The summed E-state index contributed by atoms with van der Waals surface area (Å²) in [7, 11) is 0. The highest BCUT2D eigenvalue weighted by Gasteiger charge is 2.44. The number of nitrogens with zero attached hydrogens (tertiary/aromatic N) is 4.